The van der Waals surface area contributed by atoms with Gasteiger partial charge in [0.1, 0.15) is 5.82 Å². The van der Waals surface area contributed by atoms with Crippen LogP contribution in [0.5, 0.6) is 0 Å². The van der Waals surface area contributed by atoms with Gasteiger partial charge in [0.15, 0.2) is 0 Å². The van der Waals surface area contributed by atoms with E-state index in [0.29, 0.717) is 4.88 Å². The Bertz CT molecular complexity index is 550. The number of thiophene rings is 1. The summed E-state index contributed by atoms with van der Waals surface area (Å²) in [5, 5.41) is 12.5. The molecule has 0 saturated heterocycles. The first-order valence-electron chi connectivity index (χ1n) is 5.21. The zero-order valence-electron chi connectivity index (χ0n) is 9.24. The Hall–Kier alpha value is -1.46. The first-order valence-corrected chi connectivity index (χ1v) is 6.03. The zero-order valence-corrected chi connectivity index (χ0v) is 10.1. The second-order valence-electron chi connectivity index (χ2n) is 3.85. The number of aliphatic hydroxyl groups is 1. The van der Waals surface area contributed by atoms with E-state index in [1.807, 2.05) is 0 Å². The third kappa shape index (κ3) is 2.81. The molecule has 1 atom stereocenters. The van der Waals surface area contributed by atoms with Crippen molar-refractivity contribution in [2.24, 2.45) is 0 Å². The van der Waals surface area contributed by atoms with Crippen molar-refractivity contribution >= 4 is 27.3 Å². The van der Waals surface area contributed by atoms with Crippen LogP contribution in [0.3, 0.4) is 0 Å². The van der Waals surface area contributed by atoms with Crippen LogP contribution < -0.4 is 5.32 Å². The highest BCUT2D eigenvalue weighted by atomic mass is 32.1. The van der Waals surface area contributed by atoms with E-state index in [2.05, 4.69) is 5.32 Å². The van der Waals surface area contributed by atoms with E-state index in [-0.39, 0.29) is 18.3 Å². The second kappa shape index (κ2) is 4.81. The Morgan fingerprint density at radius 1 is 1.53 bits per heavy atom. The number of aliphatic hydroxyl groups excluding tert-OH is 1. The van der Waals surface area contributed by atoms with Gasteiger partial charge in [0, 0.05) is 11.2 Å². The Balaban J connectivity index is 2.21. The molecule has 2 N–H and O–H groups in total. The molecule has 17 heavy (non-hydrogen) atoms. The van der Waals surface area contributed by atoms with E-state index < -0.39 is 6.10 Å². The summed E-state index contributed by atoms with van der Waals surface area (Å²) in [6, 6.07) is 6.14. The number of amides is 1. The Labute approximate surface area is 102 Å². The molecule has 0 aliphatic heterocycles. The monoisotopic (exact) mass is 253 g/mol. The Kier molecular flexibility index (Phi) is 3.40. The number of hydrogen-bond acceptors (Lipinski definition) is 3. The normalized spacial score (nSPS) is 12.6. The van der Waals surface area contributed by atoms with Gasteiger partial charge in [0.2, 0.25) is 0 Å². The number of halogens is 1. The lowest BCUT2D eigenvalue weighted by molar-refractivity contribution is 0.0928. The summed E-state index contributed by atoms with van der Waals surface area (Å²) < 4.78 is 13.7. The van der Waals surface area contributed by atoms with Gasteiger partial charge in [-0.1, -0.05) is 6.07 Å². The van der Waals surface area contributed by atoms with Crippen LogP contribution in [0.1, 0.15) is 16.6 Å². The van der Waals surface area contributed by atoms with Crippen molar-refractivity contribution in [2.75, 3.05) is 6.54 Å². The molecule has 90 valence electrons. The predicted molar refractivity (Wildman–Crippen MR) is 65.8 cm³/mol. The average Bonchev–Trinajstić information content (AvgIpc) is 2.68. The minimum atomic E-state index is -0.578. The highest BCUT2D eigenvalue weighted by Crippen LogP contribution is 2.26. The smallest absolute Gasteiger partial charge is 0.261 e. The molecule has 1 aromatic heterocycles. The number of carbonyl (C=O) groups excluding carboxylic acids is 1. The summed E-state index contributed by atoms with van der Waals surface area (Å²) >= 11 is 1.24. The van der Waals surface area contributed by atoms with Crippen LogP contribution >= 0.6 is 11.3 Å². The molecule has 1 amide bonds. The number of hydrogen-bond donors (Lipinski definition) is 2. The van der Waals surface area contributed by atoms with Gasteiger partial charge in [-0.3, -0.25) is 4.79 Å². The van der Waals surface area contributed by atoms with Crippen molar-refractivity contribution < 1.29 is 14.3 Å². The molecule has 0 bridgehead atoms. The van der Waals surface area contributed by atoms with Crippen molar-refractivity contribution in [3.05, 3.63) is 35.0 Å². The fourth-order valence-electron chi connectivity index (χ4n) is 1.44. The Morgan fingerprint density at radius 2 is 2.29 bits per heavy atom. The number of fused-ring (bicyclic) bond motifs is 1. The van der Waals surface area contributed by atoms with E-state index in [4.69, 9.17) is 5.11 Å². The van der Waals surface area contributed by atoms with Crippen LogP contribution in [0.25, 0.3) is 10.1 Å². The molecular formula is C12H12FNO2S. The summed E-state index contributed by atoms with van der Waals surface area (Å²) in [4.78, 5) is 12.2. The zero-order chi connectivity index (χ0) is 12.4. The van der Waals surface area contributed by atoms with Crippen molar-refractivity contribution in [3.63, 3.8) is 0 Å². The summed E-state index contributed by atoms with van der Waals surface area (Å²) in [6.45, 7) is 1.81. The first kappa shape index (κ1) is 12.0. The standard InChI is InChI=1S/C12H12FNO2S/c1-7(15)6-14-12(16)11-4-8-2-3-9(13)5-10(8)17-11/h2-5,7,15H,6H2,1H3,(H,14,16)/t7-/m1/s1. The highest BCUT2D eigenvalue weighted by molar-refractivity contribution is 7.20. The topological polar surface area (TPSA) is 49.3 Å². The molecule has 0 radical (unpaired) electrons. The quantitative estimate of drug-likeness (QED) is 0.880. The van der Waals surface area contributed by atoms with Crippen molar-refractivity contribution in [2.45, 2.75) is 13.0 Å². The lowest BCUT2D eigenvalue weighted by atomic mass is 10.2. The molecule has 0 unspecified atom stereocenters. The SMILES string of the molecule is C[C@@H](O)CNC(=O)c1cc2ccc(F)cc2s1. The van der Waals surface area contributed by atoms with Crippen LogP contribution in [0.2, 0.25) is 0 Å². The van der Waals surface area contributed by atoms with E-state index in [9.17, 15) is 9.18 Å². The van der Waals surface area contributed by atoms with Gasteiger partial charge < -0.3 is 10.4 Å². The highest BCUT2D eigenvalue weighted by Gasteiger charge is 2.10. The van der Waals surface area contributed by atoms with Crippen LogP contribution in [-0.2, 0) is 0 Å². The summed E-state index contributed by atoms with van der Waals surface area (Å²) in [6.07, 6.45) is -0.578. The minimum Gasteiger partial charge on any atom is -0.392 e. The van der Waals surface area contributed by atoms with E-state index in [1.54, 1.807) is 19.1 Å². The maximum atomic E-state index is 13.0. The van der Waals surface area contributed by atoms with E-state index in [0.717, 1.165) is 10.1 Å². The molecule has 0 spiro atoms. The van der Waals surface area contributed by atoms with Crippen molar-refractivity contribution in [1.82, 2.24) is 5.32 Å². The van der Waals surface area contributed by atoms with Gasteiger partial charge in [-0.2, -0.15) is 0 Å². The maximum absolute atomic E-state index is 13.0. The van der Waals surface area contributed by atoms with Crippen LogP contribution in [0.4, 0.5) is 4.39 Å². The van der Waals surface area contributed by atoms with Gasteiger partial charge in [0.05, 0.1) is 11.0 Å². The fourth-order valence-corrected chi connectivity index (χ4v) is 2.45. The average molecular weight is 253 g/mol. The first-order chi connectivity index (χ1) is 8.06. The molecule has 2 aromatic rings. The summed E-state index contributed by atoms with van der Waals surface area (Å²) in [7, 11) is 0. The lowest BCUT2D eigenvalue weighted by Gasteiger charge is -2.04. The third-order valence-corrected chi connectivity index (χ3v) is 3.36. The van der Waals surface area contributed by atoms with Crippen molar-refractivity contribution in [3.8, 4) is 0 Å². The maximum Gasteiger partial charge on any atom is 0.261 e. The van der Waals surface area contributed by atoms with Gasteiger partial charge in [0.25, 0.3) is 5.91 Å². The lowest BCUT2D eigenvalue weighted by Crippen LogP contribution is -2.29. The predicted octanol–water partition coefficient (Wildman–Crippen LogP) is 2.15. The molecular weight excluding hydrogens is 241 g/mol. The molecule has 0 aliphatic rings. The molecule has 3 nitrogen and oxygen atoms in total. The molecule has 0 saturated carbocycles. The van der Waals surface area contributed by atoms with E-state index in [1.165, 1.54) is 23.5 Å². The largest absolute Gasteiger partial charge is 0.392 e. The fraction of sp³-hybridized carbons (Fsp3) is 0.250. The molecule has 2 rings (SSSR count). The summed E-state index contributed by atoms with van der Waals surface area (Å²) in [5.74, 6) is -0.553. The van der Waals surface area contributed by atoms with Gasteiger partial charge in [-0.15, -0.1) is 11.3 Å². The minimum absolute atomic E-state index is 0.210. The van der Waals surface area contributed by atoms with Crippen molar-refractivity contribution in [1.29, 1.82) is 0 Å². The van der Waals surface area contributed by atoms with Gasteiger partial charge in [-0.25, -0.2) is 4.39 Å². The molecule has 0 aliphatic carbocycles. The number of rotatable bonds is 3. The molecule has 1 heterocycles. The second-order valence-corrected chi connectivity index (χ2v) is 4.94. The number of nitrogens with one attached hydrogen (secondary N) is 1. The van der Waals surface area contributed by atoms with Gasteiger partial charge in [-0.05, 0) is 30.5 Å². The molecule has 1 aromatic carbocycles. The summed E-state index contributed by atoms with van der Waals surface area (Å²) in [5.41, 5.74) is 0. The molecule has 5 heteroatoms. The number of benzene rings is 1. The van der Waals surface area contributed by atoms with Crippen LogP contribution in [0.15, 0.2) is 24.3 Å². The number of carbonyl (C=O) groups is 1. The van der Waals surface area contributed by atoms with Crippen LogP contribution in [-0.4, -0.2) is 23.7 Å². The van der Waals surface area contributed by atoms with E-state index >= 15 is 0 Å². The molecule has 0 fully saturated rings. The van der Waals surface area contributed by atoms with Crippen LogP contribution in [0, 0.1) is 5.82 Å². The third-order valence-electron chi connectivity index (χ3n) is 2.26. The Morgan fingerprint density at radius 3 is 3.00 bits per heavy atom. The van der Waals surface area contributed by atoms with Gasteiger partial charge >= 0.3 is 0 Å².